The van der Waals surface area contributed by atoms with E-state index in [2.05, 4.69) is 15.6 Å². The first-order valence-corrected chi connectivity index (χ1v) is 10.5. The Morgan fingerprint density at radius 2 is 1.64 bits per heavy atom. The quantitative estimate of drug-likeness (QED) is 0.334. The molecular formula is C25H22ClN3O4. The number of carbonyl (C=O) groups is 1. The molecule has 4 rings (SSSR count). The topological polar surface area (TPSA) is 81.7 Å². The smallest absolute Gasteiger partial charge is 0.323 e. The molecule has 8 heteroatoms. The number of methoxy groups -OCH3 is 2. The molecule has 0 spiro atoms. The SMILES string of the molecule is COc1cc2nccc(Oc3ccc(NC(=O)Nc4cccc(C)c4Cl)cc3)c2cc1OC. The molecule has 33 heavy (non-hydrogen) atoms. The van der Waals surface area contributed by atoms with E-state index in [1.165, 1.54) is 0 Å². The summed E-state index contributed by atoms with van der Waals surface area (Å²) in [6.45, 7) is 1.88. The van der Waals surface area contributed by atoms with Crippen LogP contribution in [0.25, 0.3) is 10.9 Å². The fourth-order valence-electron chi connectivity index (χ4n) is 3.30. The summed E-state index contributed by atoms with van der Waals surface area (Å²) < 4.78 is 16.8. The average Bonchev–Trinajstić information content (AvgIpc) is 2.82. The van der Waals surface area contributed by atoms with Crippen molar-refractivity contribution in [3.63, 3.8) is 0 Å². The van der Waals surface area contributed by atoms with Crippen LogP contribution in [0.4, 0.5) is 16.2 Å². The summed E-state index contributed by atoms with van der Waals surface area (Å²) >= 11 is 6.24. The second-order valence-electron chi connectivity index (χ2n) is 7.18. The van der Waals surface area contributed by atoms with E-state index in [-0.39, 0.29) is 0 Å². The van der Waals surface area contributed by atoms with Crippen LogP contribution in [-0.2, 0) is 0 Å². The number of nitrogens with zero attached hydrogens (tertiary/aromatic N) is 1. The normalized spacial score (nSPS) is 10.5. The van der Waals surface area contributed by atoms with Crippen LogP contribution in [0.5, 0.6) is 23.0 Å². The van der Waals surface area contributed by atoms with E-state index in [1.807, 2.05) is 25.1 Å². The molecule has 0 atom stereocenters. The van der Waals surface area contributed by atoms with E-state index in [0.717, 1.165) is 16.5 Å². The van der Waals surface area contributed by atoms with E-state index in [1.54, 1.807) is 62.9 Å². The highest BCUT2D eigenvalue weighted by atomic mass is 35.5. The van der Waals surface area contributed by atoms with E-state index >= 15 is 0 Å². The molecule has 0 fully saturated rings. The molecule has 0 saturated carbocycles. The van der Waals surface area contributed by atoms with Crippen LogP contribution in [0.3, 0.4) is 0 Å². The molecule has 0 saturated heterocycles. The number of urea groups is 1. The molecule has 1 heterocycles. The van der Waals surface area contributed by atoms with Crippen molar-refractivity contribution in [1.82, 2.24) is 4.98 Å². The summed E-state index contributed by atoms with van der Waals surface area (Å²) in [5.41, 5.74) is 2.76. The summed E-state index contributed by atoms with van der Waals surface area (Å²) in [5.74, 6) is 2.40. The molecular weight excluding hydrogens is 442 g/mol. The summed E-state index contributed by atoms with van der Waals surface area (Å²) in [4.78, 5) is 16.7. The van der Waals surface area contributed by atoms with Crippen LogP contribution in [0.2, 0.25) is 5.02 Å². The highest BCUT2D eigenvalue weighted by molar-refractivity contribution is 6.34. The molecule has 0 radical (unpaired) electrons. The fourth-order valence-corrected chi connectivity index (χ4v) is 3.47. The maximum Gasteiger partial charge on any atom is 0.323 e. The van der Waals surface area contributed by atoms with Gasteiger partial charge in [0.05, 0.1) is 30.4 Å². The third-order valence-electron chi connectivity index (χ3n) is 4.99. The lowest BCUT2D eigenvalue weighted by Gasteiger charge is -2.13. The first-order chi connectivity index (χ1) is 16.0. The predicted molar refractivity (Wildman–Crippen MR) is 130 cm³/mol. The molecule has 0 bridgehead atoms. The second kappa shape index (κ2) is 9.67. The van der Waals surface area contributed by atoms with Crippen LogP contribution < -0.4 is 24.8 Å². The number of nitrogens with one attached hydrogen (secondary N) is 2. The zero-order chi connectivity index (χ0) is 23.4. The molecule has 2 amide bonds. The number of rotatable bonds is 6. The average molecular weight is 464 g/mol. The zero-order valence-electron chi connectivity index (χ0n) is 18.3. The Labute approximate surface area is 196 Å². The molecule has 4 aromatic rings. The van der Waals surface area contributed by atoms with Gasteiger partial charge in [-0.05, 0) is 55.0 Å². The summed E-state index contributed by atoms with van der Waals surface area (Å²) in [7, 11) is 3.16. The Kier molecular flexibility index (Phi) is 6.51. The number of halogens is 1. The second-order valence-corrected chi connectivity index (χ2v) is 7.55. The van der Waals surface area contributed by atoms with Crippen molar-refractivity contribution in [2.45, 2.75) is 6.92 Å². The third kappa shape index (κ3) is 4.94. The van der Waals surface area contributed by atoms with Gasteiger partial charge in [-0.3, -0.25) is 4.98 Å². The fraction of sp³-hybridized carbons (Fsp3) is 0.120. The Hall–Kier alpha value is -3.97. The third-order valence-corrected chi connectivity index (χ3v) is 5.49. The maximum atomic E-state index is 12.3. The molecule has 3 aromatic carbocycles. The number of amides is 2. The lowest BCUT2D eigenvalue weighted by atomic mass is 10.2. The van der Waals surface area contributed by atoms with Gasteiger partial charge in [-0.15, -0.1) is 0 Å². The highest BCUT2D eigenvalue weighted by Crippen LogP contribution is 2.37. The maximum absolute atomic E-state index is 12.3. The van der Waals surface area contributed by atoms with Gasteiger partial charge < -0.3 is 24.8 Å². The van der Waals surface area contributed by atoms with Crippen LogP contribution in [0, 0.1) is 6.92 Å². The molecule has 0 unspecified atom stereocenters. The number of hydrogen-bond acceptors (Lipinski definition) is 5. The number of benzene rings is 3. The summed E-state index contributed by atoms with van der Waals surface area (Å²) in [6.07, 6.45) is 1.67. The van der Waals surface area contributed by atoms with Crippen molar-refractivity contribution in [3.8, 4) is 23.0 Å². The molecule has 0 aliphatic rings. The molecule has 0 aliphatic carbocycles. The van der Waals surface area contributed by atoms with Gasteiger partial charge in [0.2, 0.25) is 0 Å². The van der Waals surface area contributed by atoms with Crippen LogP contribution in [-0.4, -0.2) is 25.2 Å². The lowest BCUT2D eigenvalue weighted by molar-refractivity contribution is 0.262. The Morgan fingerprint density at radius 1 is 0.909 bits per heavy atom. The zero-order valence-corrected chi connectivity index (χ0v) is 19.1. The van der Waals surface area contributed by atoms with Crippen molar-refractivity contribution in [2.75, 3.05) is 24.9 Å². The van der Waals surface area contributed by atoms with Gasteiger partial charge in [0.1, 0.15) is 11.5 Å². The number of fused-ring (bicyclic) bond motifs is 1. The highest BCUT2D eigenvalue weighted by Gasteiger charge is 2.12. The van der Waals surface area contributed by atoms with Crippen molar-refractivity contribution in [1.29, 1.82) is 0 Å². The van der Waals surface area contributed by atoms with Crippen LogP contribution >= 0.6 is 11.6 Å². The van der Waals surface area contributed by atoms with Crippen molar-refractivity contribution >= 4 is 39.9 Å². The number of anilines is 2. The molecule has 2 N–H and O–H groups in total. The number of aromatic nitrogens is 1. The van der Waals surface area contributed by atoms with E-state index in [0.29, 0.717) is 39.4 Å². The number of hydrogen-bond donors (Lipinski definition) is 2. The van der Waals surface area contributed by atoms with Gasteiger partial charge >= 0.3 is 6.03 Å². The Morgan fingerprint density at radius 3 is 2.36 bits per heavy atom. The van der Waals surface area contributed by atoms with Crippen molar-refractivity contribution in [2.24, 2.45) is 0 Å². The largest absolute Gasteiger partial charge is 0.493 e. The molecule has 0 aliphatic heterocycles. The molecule has 7 nitrogen and oxygen atoms in total. The van der Waals surface area contributed by atoms with Crippen molar-refractivity contribution < 1.29 is 19.0 Å². The predicted octanol–water partition coefficient (Wildman–Crippen LogP) is 6.65. The number of pyridine rings is 1. The summed E-state index contributed by atoms with van der Waals surface area (Å²) in [6, 6.07) is 17.5. The lowest BCUT2D eigenvalue weighted by Crippen LogP contribution is -2.19. The number of ether oxygens (including phenoxy) is 3. The standard InChI is InChI=1S/C25H22ClN3O4/c1-15-5-4-6-19(24(15)26)29-25(30)28-16-7-9-17(10-8-16)33-21-11-12-27-20-14-23(32-3)22(31-2)13-18(20)21/h4-14H,1-3H3,(H2,28,29,30). The van der Waals surface area contributed by atoms with E-state index < -0.39 is 6.03 Å². The number of aryl methyl sites for hydroxylation is 1. The van der Waals surface area contributed by atoms with Crippen LogP contribution in [0.15, 0.2) is 66.9 Å². The van der Waals surface area contributed by atoms with Gasteiger partial charge in [-0.1, -0.05) is 23.7 Å². The Bertz CT molecular complexity index is 1310. The van der Waals surface area contributed by atoms with Gasteiger partial charge in [0.25, 0.3) is 0 Å². The van der Waals surface area contributed by atoms with Gasteiger partial charge in [-0.25, -0.2) is 4.79 Å². The summed E-state index contributed by atoms with van der Waals surface area (Å²) in [5, 5.41) is 6.83. The minimum Gasteiger partial charge on any atom is -0.493 e. The van der Waals surface area contributed by atoms with Crippen molar-refractivity contribution in [3.05, 3.63) is 77.4 Å². The van der Waals surface area contributed by atoms with Gasteiger partial charge in [0, 0.05) is 23.3 Å². The minimum atomic E-state index is -0.391. The molecule has 168 valence electrons. The first-order valence-electron chi connectivity index (χ1n) is 10.1. The molecule has 1 aromatic heterocycles. The van der Waals surface area contributed by atoms with E-state index in [4.69, 9.17) is 25.8 Å². The first kappa shape index (κ1) is 22.2. The van der Waals surface area contributed by atoms with Crippen LogP contribution in [0.1, 0.15) is 5.56 Å². The van der Waals surface area contributed by atoms with Gasteiger partial charge in [-0.2, -0.15) is 0 Å². The monoisotopic (exact) mass is 463 g/mol. The Balaban J connectivity index is 1.48. The number of carbonyl (C=O) groups excluding carboxylic acids is 1. The minimum absolute atomic E-state index is 0.391. The van der Waals surface area contributed by atoms with Gasteiger partial charge in [0.15, 0.2) is 11.5 Å². The van der Waals surface area contributed by atoms with E-state index in [9.17, 15) is 4.79 Å².